The first-order valence-electron chi connectivity index (χ1n) is 5.20. The van der Waals surface area contributed by atoms with E-state index in [0.29, 0.717) is 0 Å². The van der Waals surface area contributed by atoms with Crippen molar-refractivity contribution in [3.63, 3.8) is 0 Å². The maximum atomic E-state index is 2.56. The molecule has 0 atom stereocenters. The van der Waals surface area contributed by atoms with Crippen LogP contribution >= 0.6 is 0 Å². The zero-order valence-electron chi connectivity index (χ0n) is 8.71. The van der Waals surface area contributed by atoms with Gasteiger partial charge in [-0.15, -0.1) is 0 Å². The number of rotatable bonds is 4. The Kier molecular flexibility index (Phi) is 4.02. The normalized spacial score (nSPS) is 21.0. The summed E-state index contributed by atoms with van der Waals surface area (Å²) in [4.78, 5) is 5.10. The van der Waals surface area contributed by atoms with E-state index >= 15 is 0 Å². The van der Waals surface area contributed by atoms with Gasteiger partial charge in [0.15, 0.2) is 0 Å². The number of unbranched alkanes of at least 4 members (excludes halogenated alkanes) is 1. The Hall–Kier alpha value is -0.0800. The van der Waals surface area contributed by atoms with Crippen LogP contribution in [0.15, 0.2) is 0 Å². The Morgan fingerprint density at radius 1 is 1.25 bits per heavy atom. The SMILES string of the molecule is CCCCN1CCN(C(C)C)C1. The van der Waals surface area contributed by atoms with Crippen molar-refractivity contribution in [1.29, 1.82) is 0 Å². The lowest BCUT2D eigenvalue weighted by atomic mass is 10.3. The molecule has 0 aromatic carbocycles. The molecule has 12 heavy (non-hydrogen) atoms. The van der Waals surface area contributed by atoms with Crippen LogP contribution < -0.4 is 0 Å². The summed E-state index contributed by atoms with van der Waals surface area (Å²) in [6, 6.07) is 0.719. The van der Waals surface area contributed by atoms with Gasteiger partial charge in [-0.05, 0) is 26.8 Å². The molecule has 72 valence electrons. The molecule has 1 aliphatic rings. The number of hydrogen-bond donors (Lipinski definition) is 0. The van der Waals surface area contributed by atoms with Gasteiger partial charge in [0.1, 0.15) is 0 Å². The average molecular weight is 170 g/mol. The number of hydrogen-bond acceptors (Lipinski definition) is 2. The van der Waals surface area contributed by atoms with E-state index in [0.717, 1.165) is 6.04 Å². The Morgan fingerprint density at radius 2 is 2.00 bits per heavy atom. The van der Waals surface area contributed by atoms with Crippen LogP contribution in [-0.2, 0) is 0 Å². The van der Waals surface area contributed by atoms with E-state index < -0.39 is 0 Å². The van der Waals surface area contributed by atoms with E-state index in [1.807, 2.05) is 0 Å². The molecule has 1 heterocycles. The lowest BCUT2D eigenvalue weighted by molar-refractivity contribution is 0.210. The van der Waals surface area contributed by atoms with Crippen molar-refractivity contribution in [1.82, 2.24) is 9.80 Å². The highest BCUT2D eigenvalue weighted by Gasteiger charge is 2.20. The van der Waals surface area contributed by atoms with Crippen molar-refractivity contribution in [2.75, 3.05) is 26.3 Å². The second kappa shape index (κ2) is 4.83. The largest absolute Gasteiger partial charge is 0.289 e. The smallest absolute Gasteiger partial charge is 0.0509 e. The average Bonchev–Trinajstić information content (AvgIpc) is 2.48. The topological polar surface area (TPSA) is 6.48 Å². The predicted octanol–water partition coefficient (Wildman–Crippen LogP) is 1.77. The summed E-state index contributed by atoms with van der Waals surface area (Å²) in [5.41, 5.74) is 0. The van der Waals surface area contributed by atoms with Crippen molar-refractivity contribution < 1.29 is 0 Å². The lowest BCUT2D eigenvalue weighted by Crippen LogP contribution is -2.31. The van der Waals surface area contributed by atoms with Gasteiger partial charge in [-0.25, -0.2) is 0 Å². The van der Waals surface area contributed by atoms with E-state index in [1.165, 1.54) is 39.1 Å². The molecule has 0 amide bonds. The molecular weight excluding hydrogens is 148 g/mol. The van der Waals surface area contributed by atoms with Crippen molar-refractivity contribution >= 4 is 0 Å². The van der Waals surface area contributed by atoms with Crippen LogP contribution in [0.4, 0.5) is 0 Å². The molecule has 1 rings (SSSR count). The fourth-order valence-electron chi connectivity index (χ4n) is 1.65. The molecule has 1 fully saturated rings. The lowest BCUT2D eigenvalue weighted by Gasteiger charge is -2.20. The second-order valence-electron chi connectivity index (χ2n) is 4.02. The van der Waals surface area contributed by atoms with Gasteiger partial charge in [-0.3, -0.25) is 9.80 Å². The van der Waals surface area contributed by atoms with E-state index in [2.05, 4.69) is 30.6 Å². The van der Waals surface area contributed by atoms with Gasteiger partial charge < -0.3 is 0 Å². The third-order valence-electron chi connectivity index (χ3n) is 2.64. The summed E-state index contributed by atoms with van der Waals surface area (Å²) in [6.45, 7) is 11.8. The Labute approximate surface area is 76.5 Å². The number of nitrogens with zero attached hydrogens (tertiary/aromatic N) is 2. The maximum absolute atomic E-state index is 2.56. The molecule has 1 aliphatic heterocycles. The van der Waals surface area contributed by atoms with Crippen LogP contribution in [0.5, 0.6) is 0 Å². The quantitative estimate of drug-likeness (QED) is 0.634. The van der Waals surface area contributed by atoms with Gasteiger partial charge in [0.2, 0.25) is 0 Å². The minimum Gasteiger partial charge on any atom is -0.289 e. The van der Waals surface area contributed by atoms with Gasteiger partial charge in [0, 0.05) is 19.1 Å². The molecule has 0 aromatic rings. The summed E-state index contributed by atoms with van der Waals surface area (Å²) < 4.78 is 0. The molecule has 0 N–H and O–H groups in total. The van der Waals surface area contributed by atoms with Gasteiger partial charge in [0.25, 0.3) is 0 Å². The Morgan fingerprint density at radius 3 is 2.50 bits per heavy atom. The first-order valence-corrected chi connectivity index (χ1v) is 5.20. The predicted molar refractivity (Wildman–Crippen MR) is 53.2 cm³/mol. The van der Waals surface area contributed by atoms with Crippen molar-refractivity contribution in [2.45, 2.75) is 39.7 Å². The molecule has 0 unspecified atom stereocenters. The van der Waals surface area contributed by atoms with Crippen molar-refractivity contribution in [3.8, 4) is 0 Å². The maximum Gasteiger partial charge on any atom is 0.0509 e. The Balaban J connectivity index is 2.17. The standard InChI is InChI=1S/C10H22N2/c1-4-5-6-11-7-8-12(9-11)10(2)3/h10H,4-9H2,1-3H3. The van der Waals surface area contributed by atoms with Crippen LogP contribution in [0.1, 0.15) is 33.6 Å². The van der Waals surface area contributed by atoms with Crippen LogP contribution in [0.25, 0.3) is 0 Å². The molecule has 0 bridgehead atoms. The fraction of sp³-hybridized carbons (Fsp3) is 1.00. The first kappa shape index (κ1) is 10.0. The van der Waals surface area contributed by atoms with E-state index in [-0.39, 0.29) is 0 Å². The third-order valence-corrected chi connectivity index (χ3v) is 2.64. The highest BCUT2D eigenvalue weighted by Crippen LogP contribution is 2.09. The van der Waals surface area contributed by atoms with E-state index in [4.69, 9.17) is 0 Å². The van der Waals surface area contributed by atoms with Crippen LogP contribution in [-0.4, -0.2) is 42.1 Å². The third kappa shape index (κ3) is 2.76. The van der Waals surface area contributed by atoms with Crippen LogP contribution in [0.2, 0.25) is 0 Å². The van der Waals surface area contributed by atoms with Crippen LogP contribution in [0, 0.1) is 0 Å². The molecule has 0 spiro atoms. The Bertz CT molecular complexity index is 123. The fourth-order valence-corrected chi connectivity index (χ4v) is 1.65. The summed E-state index contributed by atoms with van der Waals surface area (Å²) in [5, 5.41) is 0. The van der Waals surface area contributed by atoms with Crippen LogP contribution in [0.3, 0.4) is 0 Å². The summed E-state index contributed by atoms with van der Waals surface area (Å²) in [5.74, 6) is 0. The molecular formula is C10H22N2. The molecule has 0 aromatic heterocycles. The highest BCUT2D eigenvalue weighted by atomic mass is 15.4. The van der Waals surface area contributed by atoms with Crippen molar-refractivity contribution in [2.24, 2.45) is 0 Å². The zero-order chi connectivity index (χ0) is 8.97. The minimum atomic E-state index is 0.719. The van der Waals surface area contributed by atoms with Gasteiger partial charge in [-0.1, -0.05) is 13.3 Å². The molecule has 0 radical (unpaired) electrons. The molecule has 2 nitrogen and oxygen atoms in total. The minimum absolute atomic E-state index is 0.719. The summed E-state index contributed by atoms with van der Waals surface area (Å²) in [7, 11) is 0. The summed E-state index contributed by atoms with van der Waals surface area (Å²) >= 11 is 0. The monoisotopic (exact) mass is 170 g/mol. The highest BCUT2D eigenvalue weighted by molar-refractivity contribution is 4.73. The van der Waals surface area contributed by atoms with Gasteiger partial charge >= 0.3 is 0 Å². The molecule has 2 heteroatoms. The zero-order valence-corrected chi connectivity index (χ0v) is 8.71. The van der Waals surface area contributed by atoms with E-state index in [1.54, 1.807) is 0 Å². The first-order chi connectivity index (χ1) is 5.74. The van der Waals surface area contributed by atoms with Gasteiger partial charge in [-0.2, -0.15) is 0 Å². The molecule has 0 aliphatic carbocycles. The molecule has 0 saturated carbocycles. The summed E-state index contributed by atoms with van der Waals surface area (Å²) in [6.07, 6.45) is 2.67. The second-order valence-corrected chi connectivity index (χ2v) is 4.02. The van der Waals surface area contributed by atoms with Crippen molar-refractivity contribution in [3.05, 3.63) is 0 Å². The van der Waals surface area contributed by atoms with Gasteiger partial charge in [0.05, 0.1) is 6.67 Å². The molecule has 1 saturated heterocycles. The van der Waals surface area contributed by atoms with E-state index in [9.17, 15) is 0 Å².